The zero-order valence-electron chi connectivity index (χ0n) is 23.2. The second kappa shape index (κ2) is 12.4. The number of carbonyl (C=O) groups is 1. The second-order valence-electron chi connectivity index (χ2n) is 9.40. The smallest absolute Gasteiger partial charge is 0.264 e. The molecule has 1 amide bonds. The van der Waals surface area contributed by atoms with Gasteiger partial charge in [-0.2, -0.15) is 0 Å². The number of rotatable bonds is 11. The van der Waals surface area contributed by atoms with Gasteiger partial charge in [-0.15, -0.1) is 0 Å². The van der Waals surface area contributed by atoms with Crippen LogP contribution in [0.4, 0.5) is 10.1 Å². The highest BCUT2D eigenvalue weighted by Gasteiger charge is 2.29. The first-order chi connectivity index (χ1) is 18.4. The Labute approximate surface area is 229 Å². The van der Waals surface area contributed by atoms with Crippen molar-refractivity contribution in [2.24, 2.45) is 0 Å². The van der Waals surface area contributed by atoms with Crippen LogP contribution in [-0.4, -0.2) is 42.2 Å². The molecule has 0 aliphatic heterocycles. The van der Waals surface area contributed by atoms with Crippen molar-refractivity contribution < 1.29 is 31.8 Å². The molecule has 0 saturated heterocycles. The Kier molecular flexibility index (Phi) is 9.45. The maximum atomic E-state index is 13.8. The zero-order chi connectivity index (χ0) is 28.9. The fraction of sp³-hybridized carbons (Fsp3) is 0.345. The Hall–Kier alpha value is -3.79. The predicted molar refractivity (Wildman–Crippen MR) is 149 cm³/mol. The molecule has 8 nitrogen and oxygen atoms in total. The highest BCUT2D eigenvalue weighted by atomic mass is 32.2. The number of benzene rings is 3. The lowest BCUT2D eigenvalue weighted by Crippen LogP contribution is -2.41. The lowest BCUT2D eigenvalue weighted by molar-refractivity contribution is -0.120. The van der Waals surface area contributed by atoms with E-state index in [1.54, 1.807) is 7.11 Å². The van der Waals surface area contributed by atoms with E-state index in [1.165, 1.54) is 44.6 Å². The molecule has 1 N–H and O–H groups in total. The number of nitrogens with one attached hydrogen (secondary N) is 1. The molecular formula is C29H35FN2O6S. The Bertz CT molecular complexity index is 1420. The van der Waals surface area contributed by atoms with Gasteiger partial charge in [0.05, 0.1) is 38.0 Å². The van der Waals surface area contributed by atoms with Gasteiger partial charge in [0.1, 0.15) is 18.1 Å². The van der Waals surface area contributed by atoms with Crippen LogP contribution in [0.2, 0.25) is 0 Å². The molecule has 3 rings (SSSR count). The Morgan fingerprint density at radius 1 is 0.872 bits per heavy atom. The molecule has 3 aromatic rings. The second-order valence-corrected chi connectivity index (χ2v) is 11.3. The summed E-state index contributed by atoms with van der Waals surface area (Å²) in [7, 11) is 0.199. The average Bonchev–Trinajstić information content (AvgIpc) is 2.91. The van der Waals surface area contributed by atoms with Crippen LogP contribution < -0.4 is 23.8 Å². The number of nitrogens with zero attached hydrogens (tertiary/aromatic N) is 1. The van der Waals surface area contributed by atoms with Crippen LogP contribution in [0.15, 0.2) is 59.5 Å². The molecule has 0 fully saturated rings. The minimum Gasteiger partial charge on any atom is -0.496 e. The predicted octanol–water partition coefficient (Wildman–Crippen LogP) is 5.36. The summed E-state index contributed by atoms with van der Waals surface area (Å²) in [5, 5.41) is 2.91. The van der Waals surface area contributed by atoms with Crippen LogP contribution in [0, 0.1) is 12.7 Å². The van der Waals surface area contributed by atoms with Gasteiger partial charge >= 0.3 is 0 Å². The summed E-state index contributed by atoms with van der Waals surface area (Å²) in [5.74, 6) is 0.475. The molecule has 1 atom stereocenters. The van der Waals surface area contributed by atoms with Crippen LogP contribution in [-0.2, 0) is 14.8 Å². The van der Waals surface area contributed by atoms with E-state index in [0.29, 0.717) is 5.75 Å². The van der Waals surface area contributed by atoms with E-state index >= 15 is 0 Å². The highest BCUT2D eigenvalue weighted by molar-refractivity contribution is 7.92. The summed E-state index contributed by atoms with van der Waals surface area (Å²) < 4.78 is 58.1. The Morgan fingerprint density at radius 3 is 2.05 bits per heavy atom. The van der Waals surface area contributed by atoms with Crippen molar-refractivity contribution in [2.45, 2.75) is 44.6 Å². The largest absolute Gasteiger partial charge is 0.496 e. The van der Waals surface area contributed by atoms with Gasteiger partial charge in [0, 0.05) is 6.07 Å². The number of amides is 1. The standard InChI is InChI=1S/C29H35FN2O6S/c1-18(2)24-16-25(19(3)14-27(24)37-6)20(4)31-29(33)17-32(22-10-8-21(30)9-11-22)39(34,35)23-12-13-26(36-5)28(15-23)38-7/h8-16,18,20H,17H2,1-7H3,(H,31,33)/t20-/m1/s1. The van der Waals surface area contributed by atoms with Crippen molar-refractivity contribution in [3.63, 3.8) is 0 Å². The van der Waals surface area contributed by atoms with E-state index in [0.717, 1.165) is 38.9 Å². The van der Waals surface area contributed by atoms with Crippen LogP contribution in [0.25, 0.3) is 0 Å². The first kappa shape index (κ1) is 29.8. The number of hydrogen-bond acceptors (Lipinski definition) is 6. The first-order valence-electron chi connectivity index (χ1n) is 12.4. The number of methoxy groups -OCH3 is 3. The van der Waals surface area contributed by atoms with Crippen molar-refractivity contribution >= 4 is 21.6 Å². The molecule has 39 heavy (non-hydrogen) atoms. The van der Waals surface area contributed by atoms with Crippen molar-refractivity contribution in [3.8, 4) is 17.2 Å². The monoisotopic (exact) mass is 558 g/mol. The molecule has 0 radical (unpaired) electrons. The topological polar surface area (TPSA) is 94.2 Å². The number of ether oxygens (including phenoxy) is 3. The minimum atomic E-state index is -4.26. The van der Waals surface area contributed by atoms with Gasteiger partial charge in [0.25, 0.3) is 10.0 Å². The summed E-state index contributed by atoms with van der Waals surface area (Å²) in [4.78, 5) is 13.2. The summed E-state index contributed by atoms with van der Waals surface area (Å²) in [6.45, 7) is 7.34. The van der Waals surface area contributed by atoms with Gasteiger partial charge in [-0.05, 0) is 85.0 Å². The van der Waals surface area contributed by atoms with E-state index in [4.69, 9.17) is 14.2 Å². The minimum absolute atomic E-state index is 0.113. The molecule has 10 heteroatoms. The number of carbonyl (C=O) groups excluding carboxylic acids is 1. The molecule has 0 unspecified atom stereocenters. The molecule has 3 aromatic carbocycles. The number of halogens is 1. The van der Waals surface area contributed by atoms with Crippen molar-refractivity contribution in [1.82, 2.24) is 5.32 Å². The Morgan fingerprint density at radius 2 is 1.49 bits per heavy atom. The van der Waals surface area contributed by atoms with E-state index in [1.807, 2.05) is 26.0 Å². The quantitative estimate of drug-likeness (QED) is 0.341. The fourth-order valence-corrected chi connectivity index (χ4v) is 5.77. The summed E-state index contributed by atoms with van der Waals surface area (Å²) >= 11 is 0. The molecule has 0 spiro atoms. The molecule has 0 saturated carbocycles. The highest BCUT2D eigenvalue weighted by Crippen LogP contribution is 2.34. The molecule has 0 aliphatic rings. The maximum absolute atomic E-state index is 13.8. The number of anilines is 1. The Balaban J connectivity index is 1.95. The van der Waals surface area contributed by atoms with Crippen molar-refractivity contribution in [1.29, 1.82) is 0 Å². The van der Waals surface area contributed by atoms with Crippen LogP contribution in [0.1, 0.15) is 49.4 Å². The van der Waals surface area contributed by atoms with E-state index in [9.17, 15) is 17.6 Å². The van der Waals surface area contributed by atoms with Gasteiger partial charge in [-0.3, -0.25) is 9.10 Å². The van der Waals surface area contributed by atoms with Crippen molar-refractivity contribution in [3.05, 3.63) is 77.1 Å². The number of aryl methyl sites for hydroxylation is 1. The normalized spacial score (nSPS) is 12.1. The lowest BCUT2D eigenvalue weighted by atomic mass is 9.93. The zero-order valence-corrected chi connectivity index (χ0v) is 24.1. The molecule has 0 heterocycles. The van der Waals surface area contributed by atoms with Gasteiger partial charge in [0.15, 0.2) is 11.5 Å². The van der Waals surface area contributed by atoms with Crippen LogP contribution >= 0.6 is 0 Å². The van der Waals surface area contributed by atoms with Gasteiger partial charge in [-0.25, -0.2) is 12.8 Å². The number of sulfonamides is 1. The average molecular weight is 559 g/mol. The lowest BCUT2D eigenvalue weighted by Gasteiger charge is -2.26. The summed E-state index contributed by atoms with van der Waals surface area (Å²) in [5.41, 5.74) is 2.96. The van der Waals surface area contributed by atoms with Crippen LogP contribution in [0.5, 0.6) is 17.2 Å². The molecule has 0 bridgehead atoms. The fourth-order valence-electron chi connectivity index (χ4n) is 4.33. The van der Waals surface area contributed by atoms with Gasteiger partial charge < -0.3 is 19.5 Å². The number of hydrogen-bond donors (Lipinski definition) is 1. The third kappa shape index (κ3) is 6.62. The van der Waals surface area contributed by atoms with Crippen molar-refractivity contribution in [2.75, 3.05) is 32.2 Å². The SMILES string of the molecule is COc1ccc(S(=O)(=O)N(CC(=O)N[C@H](C)c2cc(C(C)C)c(OC)cc2C)c2ccc(F)cc2)cc1OC. The molecule has 210 valence electrons. The maximum Gasteiger partial charge on any atom is 0.264 e. The third-order valence-corrected chi connectivity index (χ3v) is 8.20. The van der Waals surface area contributed by atoms with E-state index in [-0.39, 0.29) is 22.3 Å². The molecule has 0 aromatic heterocycles. The van der Waals surface area contributed by atoms with Crippen LogP contribution in [0.3, 0.4) is 0 Å². The van der Waals surface area contributed by atoms with E-state index in [2.05, 4.69) is 19.2 Å². The van der Waals surface area contributed by atoms with Gasteiger partial charge in [-0.1, -0.05) is 13.8 Å². The molecule has 0 aliphatic carbocycles. The summed E-state index contributed by atoms with van der Waals surface area (Å²) in [6.07, 6.45) is 0. The third-order valence-electron chi connectivity index (χ3n) is 6.43. The summed E-state index contributed by atoms with van der Waals surface area (Å²) in [6, 6.07) is 12.6. The van der Waals surface area contributed by atoms with Gasteiger partial charge in [0.2, 0.25) is 5.91 Å². The first-order valence-corrected chi connectivity index (χ1v) is 13.8. The van der Waals surface area contributed by atoms with E-state index < -0.39 is 34.3 Å². The molecular weight excluding hydrogens is 523 g/mol.